The van der Waals surface area contributed by atoms with Crippen LogP contribution in [0.5, 0.6) is 0 Å². The number of nitrogens with zero attached hydrogens (tertiary/aromatic N) is 4. The zero-order valence-electron chi connectivity index (χ0n) is 11.9. The van der Waals surface area contributed by atoms with Crippen molar-refractivity contribution in [3.63, 3.8) is 0 Å². The zero-order chi connectivity index (χ0) is 16.1. The molecule has 0 fully saturated rings. The van der Waals surface area contributed by atoms with E-state index in [9.17, 15) is 8.78 Å². The number of halogens is 3. The molecule has 4 rings (SSSR count). The third-order valence-electron chi connectivity index (χ3n) is 3.66. The lowest BCUT2D eigenvalue weighted by atomic mass is 10.2. The second kappa shape index (κ2) is 4.99. The van der Waals surface area contributed by atoms with E-state index in [1.807, 2.05) is 6.07 Å². The number of pyridine rings is 1. The van der Waals surface area contributed by atoms with Crippen LogP contribution < -0.4 is 0 Å². The Kier molecular flexibility index (Phi) is 3.05. The Hall–Kier alpha value is -2.54. The van der Waals surface area contributed by atoms with Gasteiger partial charge in [-0.25, -0.2) is 18.7 Å². The molecule has 0 saturated carbocycles. The van der Waals surface area contributed by atoms with E-state index in [0.29, 0.717) is 27.7 Å². The quantitative estimate of drug-likeness (QED) is 0.598. The summed E-state index contributed by atoms with van der Waals surface area (Å²) in [7, 11) is 0. The maximum atomic E-state index is 12.9. The minimum absolute atomic E-state index is 0.283. The standard InChI is InChI=1S/C15H10ClF2N5/c1-7-20-12-3-2-11(14(17)18)21-15(12)23(7)9-4-8-6-19-22-13(8)10(16)5-9/h2-6,14H,1H3,(H,19,22). The molecule has 3 aromatic heterocycles. The van der Waals surface area contributed by atoms with Crippen LogP contribution in [0.15, 0.2) is 30.5 Å². The summed E-state index contributed by atoms with van der Waals surface area (Å²) >= 11 is 6.26. The fourth-order valence-corrected chi connectivity index (χ4v) is 2.91. The normalized spacial score (nSPS) is 11.9. The molecule has 0 unspecified atom stereocenters. The maximum absolute atomic E-state index is 12.9. The highest BCUT2D eigenvalue weighted by atomic mass is 35.5. The Labute approximate surface area is 133 Å². The lowest BCUT2D eigenvalue weighted by Gasteiger charge is -2.08. The first kappa shape index (κ1) is 14.1. The molecule has 0 atom stereocenters. The molecule has 0 aliphatic carbocycles. The Bertz CT molecular complexity index is 1040. The van der Waals surface area contributed by atoms with Crippen LogP contribution in [0, 0.1) is 6.92 Å². The number of hydrogen-bond donors (Lipinski definition) is 1. The van der Waals surface area contributed by atoms with Crippen molar-refractivity contribution in [3.05, 3.63) is 47.0 Å². The van der Waals surface area contributed by atoms with Gasteiger partial charge in [-0.05, 0) is 31.2 Å². The third-order valence-corrected chi connectivity index (χ3v) is 3.96. The van der Waals surface area contributed by atoms with Crippen LogP contribution in [0.4, 0.5) is 8.78 Å². The molecule has 0 amide bonds. The molecule has 1 aromatic carbocycles. The van der Waals surface area contributed by atoms with Gasteiger partial charge in [0.1, 0.15) is 17.0 Å². The highest BCUT2D eigenvalue weighted by Crippen LogP contribution is 2.29. The second-order valence-electron chi connectivity index (χ2n) is 5.14. The highest BCUT2D eigenvalue weighted by molar-refractivity contribution is 6.35. The van der Waals surface area contributed by atoms with E-state index in [1.165, 1.54) is 6.07 Å². The summed E-state index contributed by atoms with van der Waals surface area (Å²) in [4.78, 5) is 8.43. The van der Waals surface area contributed by atoms with Crippen LogP contribution >= 0.6 is 11.6 Å². The lowest BCUT2D eigenvalue weighted by molar-refractivity contribution is 0.146. The number of benzene rings is 1. The van der Waals surface area contributed by atoms with Crippen LogP contribution in [-0.4, -0.2) is 24.7 Å². The number of aromatic nitrogens is 5. The van der Waals surface area contributed by atoms with Crippen LogP contribution in [0.3, 0.4) is 0 Å². The predicted molar refractivity (Wildman–Crippen MR) is 83.2 cm³/mol. The molecule has 0 aliphatic rings. The van der Waals surface area contributed by atoms with Gasteiger partial charge in [-0.1, -0.05) is 11.6 Å². The molecule has 116 valence electrons. The molecule has 3 heterocycles. The average molecular weight is 334 g/mol. The van der Waals surface area contributed by atoms with Crippen molar-refractivity contribution in [3.8, 4) is 5.69 Å². The molecular weight excluding hydrogens is 324 g/mol. The van der Waals surface area contributed by atoms with Gasteiger partial charge in [-0.15, -0.1) is 0 Å². The zero-order valence-corrected chi connectivity index (χ0v) is 12.6. The van der Waals surface area contributed by atoms with E-state index in [2.05, 4.69) is 20.2 Å². The smallest absolute Gasteiger partial charge is 0.280 e. The number of imidazole rings is 1. The van der Waals surface area contributed by atoms with E-state index in [1.54, 1.807) is 29.8 Å². The number of nitrogens with one attached hydrogen (secondary N) is 1. The molecule has 4 aromatic rings. The second-order valence-corrected chi connectivity index (χ2v) is 5.54. The lowest BCUT2D eigenvalue weighted by Crippen LogP contribution is -2.00. The number of aromatic amines is 1. The molecule has 0 saturated heterocycles. The maximum Gasteiger partial charge on any atom is 0.280 e. The Morgan fingerprint density at radius 3 is 2.83 bits per heavy atom. The van der Waals surface area contributed by atoms with Gasteiger partial charge in [0.25, 0.3) is 6.43 Å². The van der Waals surface area contributed by atoms with E-state index in [4.69, 9.17) is 11.6 Å². The molecule has 8 heteroatoms. The van der Waals surface area contributed by atoms with Gasteiger partial charge in [0.05, 0.1) is 22.4 Å². The predicted octanol–water partition coefficient (Wildman–Crippen LogP) is 4.20. The monoisotopic (exact) mass is 333 g/mol. The first-order valence-corrected chi connectivity index (χ1v) is 7.19. The Morgan fingerprint density at radius 1 is 1.22 bits per heavy atom. The SMILES string of the molecule is Cc1nc2ccc(C(F)F)nc2n1-c1cc(Cl)c2[nH]ncc2c1. The van der Waals surface area contributed by atoms with Crippen molar-refractivity contribution in [2.75, 3.05) is 0 Å². The van der Waals surface area contributed by atoms with Crippen molar-refractivity contribution in [1.82, 2.24) is 24.7 Å². The van der Waals surface area contributed by atoms with Gasteiger partial charge >= 0.3 is 0 Å². The van der Waals surface area contributed by atoms with E-state index >= 15 is 0 Å². The number of H-pyrrole nitrogens is 1. The highest BCUT2D eigenvalue weighted by Gasteiger charge is 2.16. The molecule has 0 aliphatic heterocycles. The molecule has 5 nitrogen and oxygen atoms in total. The summed E-state index contributed by atoms with van der Waals surface area (Å²) in [6, 6.07) is 6.42. The van der Waals surface area contributed by atoms with E-state index in [-0.39, 0.29) is 5.69 Å². The van der Waals surface area contributed by atoms with Gasteiger partial charge in [0.2, 0.25) is 0 Å². The van der Waals surface area contributed by atoms with E-state index < -0.39 is 6.43 Å². The van der Waals surface area contributed by atoms with Gasteiger partial charge in [0, 0.05) is 5.39 Å². The fourth-order valence-electron chi connectivity index (χ4n) is 2.64. The number of fused-ring (bicyclic) bond motifs is 2. The number of hydrogen-bond acceptors (Lipinski definition) is 3. The largest absolute Gasteiger partial charge is 0.281 e. The van der Waals surface area contributed by atoms with Gasteiger partial charge in [-0.3, -0.25) is 9.67 Å². The fraction of sp³-hybridized carbons (Fsp3) is 0.133. The van der Waals surface area contributed by atoms with Crippen molar-refractivity contribution < 1.29 is 8.78 Å². The summed E-state index contributed by atoms with van der Waals surface area (Å²) in [6.07, 6.45) is -0.986. The number of alkyl halides is 2. The minimum atomic E-state index is -2.64. The summed E-state index contributed by atoms with van der Waals surface area (Å²) < 4.78 is 27.6. The molecule has 0 spiro atoms. The van der Waals surface area contributed by atoms with Crippen LogP contribution in [-0.2, 0) is 0 Å². The van der Waals surface area contributed by atoms with Crippen LogP contribution in [0.2, 0.25) is 5.02 Å². The molecule has 23 heavy (non-hydrogen) atoms. The van der Waals surface area contributed by atoms with Crippen molar-refractivity contribution >= 4 is 33.7 Å². The van der Waals surface area contributed by atoms with Crippen LogP contribution in [0.25, 0.3) is 27.8 Å². The van der Waals surface area contributed by atoms with Gasteiger partial charge < -0.3 is 0 Å². The number of aryl methyl sites for hydroxylation is 1. The molecule has 0 radical (unpaired) electrons. The first-order valence-electron chi connectivity index (χ1n) is 6.82. The summed E-state index contributed by atoms with van der Waals surface area (Å²) in [5.74, 6) is 0.637. The minimum Gasteiger partial charge on any atom is -0.281 e. The molecule has 1 N–H and O–H groups in total. The summed E-state index contributed by atoms with van der Waals surface area (Å²) in [6.45, 7) is 1.79. The Balaban J connectivity index is 2.02. The van der Waals surface area contributed by atoms with Gasteiger partial charge in [-0.2, -0.15) is 5.10 Å². The van der Waals surface area contributed by atoms with Gasteiger partial charge in [0.15, 0.2) is 5.65 Å². The first-order chi connectivity index (χ1) is 11.0. The summed E-state index contributed by atoms with van der Waals surface area (Å²) in [5, 5.41) is 8.08. The van der Waals surface area contributed by atoms with Crippen molar-refractivity contribution in [1.29, 1.82) is 0 Å². The van der Waals surface area contributed by atoms with Crippen molar-refractivity contribution in [2.45, 2.75) is 13.3 Å². The van der Waals surface area contributed by atoms with Crippen molar-refractivity contribution in [2.24, 2.45) is 0 Å². The third kappa shape index (κ3) is 2.16. The number of rotatable bonds is 2. The molecular formula is C15H10ClF2N5. The topological polar surface area (TPSA) is 59.4 Å². The Morgan fingerprint density at radius 2 is 2.04 bits per heavy atom. The average Bonchev–Trinajstić information content (AvgIpc) is 3.09. The van der Waals surface area contributed by atoms with E-state index in [0.717, 1.165) is 10.9 Å². The molecule has 0 bridgehead atoms. The summed E-state index contributed by atoms with van der Waals surface area (Å²) in [5.41, 5.74) is 2.06. The van der Waals surface area contributed by atoms with Crippen LogP contribution in [0.1, 0.15) is 17.9 Å².